The summed E-state index contributed by atoms with van der Waals surface area (Å²) >= 11 is 0. The molecule has 0 aliphatic carbocycles. The summed E-state index contributed by atoms with van der Waals surface area (Å²) < 4.78 is 0. The summed E-state index contributed by atoms with van der Waals surface area (Å²) in [6.07, 6.45) is 3.69. The van der Waals surface area contributed by atoms with Gasteiger partial charge in [-0.05, 0) is 31.0 Å². The largest absolute Gasteiger partial charge is 0.353 e. The van der Waals surface area contributed by atoms with Crippen LogP contribution in [0, 0.1) is 11.3 Å². The highest BCUT2D eigenvalue weighted by Crippen LogP contribution is 2.05. The summed E-state index contributed by atoms with van der Waals surface area (Å²) in [4.78, 5) is 11.8. The molecule has 1 aromatic rings. The van der Waals surface area contributed by atoms with Crippen molar-refractivity contribution in [3.05, 3.63) is 35.4 Å². The predicted octanol–water partition coefficient (Wildman–Crippen LogP) is 2.80. The highest BCUT2D eigenvalue weighted by Gasteiger charge is 2.07. The van der Waals surface area contributed by atoms with Crippen LogP contribution >= 0.6 is 0 Å². The molecule has 3 nitrogen and oxygen atoms in total. The third kappa shape index (κ3) is 5.01. The van der Waals surface area contributed by atoms with Gasteiger partial charge in [-0.25, -0.2) is 0 Å². The Morgan fingerprint density at radius 3 is 2.61 bits per heavy atom. The van der Waals surface area contributed by atoms with Crippen molar-refractivity contribution >= 4 is 5.91 Å². The van der Waals surface area contributed by atoms with E-state index in [0.717, 1.165) is 24.8 Å². The average molecular weight is 244 g/mol. The molecule has 0 aliphatic rings. The Morgan fingerprint density at radius 1 is 1.39 bits per heavy atom. The van der Waals surface area contributed by atoms with Gasteiger partial charge in [0.15, 0.2) is 0 Å². The van der Waals surface area contributed by atoms with Gasteiger partial charge in [0.05, 0.1) is 18.1 Å². The van der Waals surface area contributed by atoms with Crippen LogP contribution in [0.1, 0.15) is 44.2 Å². The Kier molecular flexibility index (Phi) is 5.93. The Bertz CT molecular complexity index is 417. The van der Waals surface area contributed by atoms with Gasteiger partial charge in [-0.15, -0.1) is 0 Å². The molecule has 0 aromatic heterocycles. The van der Waals surface area contributed by atoms with E-state index in [9.17, 15) is 4.79 Å². The number of nitrogens with zero attached hydrogens (tertiary/aromatic N) is 1. The fourth-order valence-electron chi connectivity index (χ4n) is 1.79. The molecule has 0 heterocycles. The second kappa shape index (κ2) is 7.50. The highest BCUT2D eigenvalue weighted by atomic mass is 16.1. The molecule has 0 spiro atoms. The van der Waals surface area contributed by atoms with Crippen molar-refractivity contribution in [2.24, 2.45) is 0 Å². The zero-order valence-corrected chi connectivity index (χ0v) is 11.1. The first-order valence-corrected chi connectivity index (χ1v) is 6.44. The van der Waals surface area contributed by atoms with E-state index >= 15 is 0 Å². The van der Waals surface area contributed by atoms with E-state index in [-0.39, 0.29) is 11.9 Å². The molecular weight excluding hydrogens is 224 g/mol. The maximum atomic E-state index is 11.8. The van der Waals surface area contributed by atoms with E-state index in [2.05, 4.69) is 18.3 Å². The van der Waals surface area contributed by atoms with E-state index in [1.807, 2.05) is 19.1 Å². The number of carbonyl (C=O) groups excluding carboxylic acids is 1. The monoisotopic (exact) mass is 244 g/mol. The minimum Gasteiger partial charge on any atom is -0.353 e. The van der Waals surface area contributed by atoms with Gasteiger partial charge >= 0.3 is 0 Å². The van der Waals surface area contributed by atoms with Gasteiger partial charge in [0.1, 0.15) is 0 Å². The summed E-state index contributed by atoms with van der Waals surface area (Å²) in [5, 5.41) is 11.7. The number of unbranched alkanes of at least 4 members (excludes halogenated alkanes) is 1. The van der Waals surface area contributed by atoms with Gasteiger partial charge in [0.25, 0.3) is 0 Å². The lowest BCUT2D eigenvalue weighted by Gasteiger charge is -2.13. The fourth-order valence-corrected chi connectivity index (χ4v) is 1.79. The molecular formula is C15H20N2O. The molecule has 0 aliphatic heterocycles. The van der Waals surface area contributed by atoms with Crippen LogP contribution < -0.4 is 5.32 Å². The molecule has 1 N–H and O–H groups in total. The lowest BCUT2D eigenvalue weighted by Crippen LogP contribution is -2.33. The quantitative estimate of drug-likeness (QED) is 0.836. The van der Waals surface area contributed by atoms with Crippen molar-refractivity contribution < 1.29 is 4.79 Å². The number of benzene rings is 1. The number of carbonyl (C=O) groups is 1. The number of nitrogens with one attached hydrogen (secondary N) is 1. The smallest absolute Gasteiger partial charge is 0.224 e. The lowest BCUT2D eigenvalue weighted by atomic mass is 10.1. The van der Waals surface area contributed by atoms with Crippen molar-refractivity contribution in [2.45, 2.75) is 45.6 Å². The summed E-state index contributed by atoms with van der Waals surface area (Å²) in [5.74, 6) is 0.0447. The van der Waals surface area contributed by atoms with Crippen LogP contribution in [0.4, 0.5) is 0 Å². The van der Waals surface area contributed by atoms with Gasteiger partial charge in [0, 0.05) is 6.04 Å². The van der Waals surface area contributed by atoms with Crippen molar-refractivity contribution in [1.82, 2.24) is 5.32 Å². The fraction of sp³-hybridized carbons (Fsp3) is 0.467. The third-order valence-electron chi connectivity index (χ3n) is 2.85. The van der Waals surface area contributed by atoms with Gasteiger partial charge in [0.2, 0.25) is 5.91 Å². The summed E-state index contributed by atoms with van der Waals surface area (Å²) in [6.45, 7) is 4.18. The molecule has 0 saturated carbocycles. The van der Waals surface area contributed by atoms with Gasteiger partial charge in [-0.1, -0.05) is 31.9 Å². The van der Waals surface area contributed by atoms with E-state index in [0.29, 0.717) is 12.0 Å². The van der Waals surface area contributed by atoms with Crippen molar-refractivity contribution in [2.75, 3.05) is 0 Å². The minimum atomic E-state index is 0.0447. The van der Waals surface area contributed by atoms with Crippen LogP contribution in [0.2, 0.25) is 0 Å². The first-order chi connectivity index (χ1) is 8.65. The summed E-state index contributed by atoms with van der Waals surface area (Å²) in [5.41, 5.74) is 1.56. The van der Waals surface area contributed by atoms with Gasteiger partial charge in [-0.2, -0.15) is 5.26 Å². The SMILES string of the molecule is CCCCC(C)NC(=O)Cc1ccc(C#N)cc1. The molecule has 0 radical (unpaired) electrons. The minimum absolute atomic E-state index is 0.0447. The maximum Gasteiger partial charge on any atom is 0.224 e. The normalized spacial score (nSPS) is 11.6. The second-order valence-electron chi connectivity index (χ2n) is 4.60. The molecule has 0 saturated heterocycles. The average Bonchev–Trinajstić information content (AvgIpc) is 2.37. The molecule has 0 bridgehead atoms. The molecule has 1 rings (SSSR count). The molecule has 18 heavy (non-hydrogen) atoms. The van der Waals surface area contributed by atoms with Crippen LogP contribution in [0.5, 0.6) is 0 Å². The van der Waals surface area contributed by atoms with Crippen LogP contribution in [-0.2, 0) is 11.2 Å². The first kappa shape index (κ1) is 14.2. The van der Waals surface area contributed by atoms with E-state index < -0.39 is 0 Å². The van der Waals surface area contributed by atoms with Gasteiger partial charge < -0.3 is 5.32 Å². The van der Waals surface area contributed by atoms with E-state index in [4.69, 9.17) is 5.26 Å². The molecule has 1 unspecified atom stereocenters. The standard InChI is InChI=1S/C15H20N2O/c1-3-4-5-12(2)17-15(18)10-13-6-8-14(11-16)9-7-13/h6-9,12H,3-5,10H2,1-2H3,(H,17,18). The van der Waals surface area contributed by atoms with Crippen LogP contribution in [0.3, 0.4) is 0 Å². The predicted molar refractivity (Wildman–Crippen MR) is 72.0 cm³/mol. The van der Waals surface area contributed by atoms with Gasteiger partial charge in [-0.3, -0.25) is 4.79 Å². The zero-order chi connectivity index (χ0) is 13.4. The maximum absolute atomic E-state index is 11.8. The van der Waals surface area contributed by atoms with Crippen LogP contribution in [0.25, 0.3) is 0 Å². The molecule has 0 fully saturated rings. The van der Waals surface area contributed by atoms with Crippen molar-refractivity contribution in [3.63, 3.8) is 0 Å². The Labute approximate surface area is 109 Å². The van der Waals surface area contributed by atoms with E-state index in [1.54, 1.807) is 12.1 Å². The molecule has 1 aromatic carbocycles. The van der Waals surface area contributed by atoms with E-state index in [1.165, 1.54) is 0 Å². The second-order valence-corrected chi connectivity index (χ2v) is 4.60. The number of hydrogen-bond acceptors (Lipinski definition) is 2. The number of hydrogen-bond donors (Lipinski definition) is 1. The lowest BCUT2D eigenvalue weighted by molar-refractivity contribution is -0.121. The molecule has 96 valence electrons. The van der Waals surface area contributed by atoms with Crippen LogP contribution in [-0.4, -0.2) is 11.9 Å². The molecule has 1 amide bonds. The summed E-state index contributed by atoms with van der Waals surface area (Å²) in [7, 11) is 0. The summed E-state index contributed by atoms with van der Waals surface area (Å²) in [6, 6.07) is 9.43. The van der Waals surface area contributed by atoms with Crippen molar-refractivity contribution in [3.8, 4) is 6.07 Å². The Hall–Kier alpha value is -1.82. The molecule has 3 heteroatoms. The number of rotatable bonds is 6. The Morgan fingerprint density at radius 2 is 2.06 bits per heavy atom. The highest BCUT2D eigenvalue weighted by molar-refractivity contribution is 5.78. The van der Waals surface area contributed by atoms with Crippen molar-refractivity contribution in [1.29, 1.82) is 5.26 Å². The molecule has 1 atom stereocenters. The zero-order valence-electron chi connectivity index (χ0n) is 11.1. The number of nitriles is 1. The first-order valence-electron chi connectivity index (χ1n) is 6.44. The number of amides is 1. The topological polar surface area (TPSA) is 52.9 Å². The van der Waals surface area contributed by atoms with Crippen LogP contribution in [0.15, 0.2) is 24.3 Å². The Balaban J connectivity index is 2.41. The third-order valence-corrected chi connectivity index (χ3v) is 2.85.